The third-order valence-corrected chi connectivity index (χ3v) is 7.98. The molecule has 0 spiro atoms. The number of rotatable bonds is 4. The van der Waals surface area contributed by atoms with E-state index < -0.39 is 41.1 Å². The van der Waals surface area contributed by atoms with Crippen molar-refractivity contribution in [2.45, 2.75) is 51.9 Å². The third-order valence-electron chi connectivity index (χ3n) is 6.68. The van der Waals surface area contributed by atoms with E-state index in [0.29, 0.717) is 11.1 Å². The lowest BCUT2D eigenvalue weighted by molar-refractivity contribution is -0.137. The third kappa shape index (κ3) is 4.70. The van der Waals surface area contributed by atoms with Crippen molar-refractivity contribution < 1.29 is 22.8 Å². The number of hydrogen-bond acceptors (Lipinski definition) is 5. The Hall–Kier alpha value is -3.41. The average Bonchev–Trinajstić information content (AvgIpc) is 3.18. The molecule has 37 heavy (non-hydrogen) atoms. The molecule has 1 aliphatic rings. The standard InChI is InChI=1S/C25H27F3N4O4S/c1-14-9-7-8-12-30(14)18(33)13-31-23-19(15(2)20(37-23)22(35)29(3)4)21(34)32(24(31)36)17-11-6-5-10-16(17)25(26,27)28/h5-6,10-11,14H,7-9,12-13H2,1-4H3. The Morgan fingerprint density at radius 1 is 1.14 bits per heavy atom. The van der Waals surface area contributed by atoms with Crippen LogP contribution < -0.4 is 11.2 Å². The molecule has 1 aromatic carbocycles. The molecule has 198 valence electrons. The van der Waals surface area contributed by atoms with E-state index in [0.717, 1.165) is 47.3 Å². The first-order valence-electron chi connectivity index (χ1n) is 11.8. The molecule has 2 amide bonds. The van der Waals surface area contributed by atoms with Crippen LogP contribution >= 0.6 is 11.3 Å². The molecule has 0 aliphatic carbocycles. The molecule has 1 fully saturated rings. The molecule has 0 saturated carbocycles. The predicted octanol–water partition coefficient (Wildman–Crippen LogP) is 3.64. The van der Waals surface area contributed by atoms with E-state index in [2.05, 4.69) is 0 Å². The van der Waals surface area contributed by atoms with Crippen LogP contribution in [0.2, 0.25) is 0 Å². The first kappa shape index (κ1) is 26.6. The van der Waals surface area contributed by atoms with Gasteiger partial charge in [0.05, 0.1) is 21.5 Å². The van der Waals surface area contributed by atoms with Crippen molar-refractivity contribution in [1.29, 1.82) is 0 Å². The topological polar surface area (TPSA) is 84.6 Å². The smallest absolute Gasteiger partial charge is 0.344 e. The maximum absolute atomic E-state index is 13.9. The van der Waals surface area contributed by atoms with E-state index in [-0.39, 0.29) is 32.6 Å². The lowest BCUT2D eigenvalue weighted by Gasteiger charge is -2.33. The molecule has 0 bridgehead atoms. The van der Waals surface area contributed by atoms with Gasteiger partial charge in [-0.1, -0.05) is 12.1 Å². The van der Waals surface area contributed by atoms with Gasteiger partial charge in [0.1, 0.15) is 11.4 Å². The lowest BCUT2D eigenvalue weighted by atomic mass is 10.0. The van der Waals surface area contributed by atoms with Crippen LogP contribution in [0.5, 0.6) is 0 Å². The summed E-state index contributed by atoms with van der Waals surface area (Å²) in [7, 11) is 3.05. The van der Waals surface area contributed by atoms with Gasteiger partial charge >= 0.3 is 11.9 Å². The molecule has 3 heterocycles. The number of alkyl halides is 3. The van der Waals surface area contributed by atoms with Gasteiger partial charge in [-0.05, 0) is 50.8 Å². The molecule has 12 heteroatoms. The number of aryl methyl sites for hydroxylation is 1. The normalized spacial score (nSPS) is 16.3. The number of hydrogen-bond donors (Lipinski definition) is 0. The molecule has 0 N–H and O–H groups in total. The number of piperidine rings is 1. The quantitative estimate of drug-likeness (QED) is 0.510. The number of halogens is 3. The summed E-state index contributed by atoms with van der Waals surface area (Å²) in [6.07, 6.45) is -2.27. The number of thiophene rings is 1. The molecule has 1 saturated heterocycles. The number of likely N-dealkylation sites (tertiary alicyclic amines) is 1. The van der Waals surface area contributed by atoms with Crippen LogP contribution in [0.3, 0.4) is 0 Å². The van der Waals surface area contributed by atoms with E-state index in [9.17, 15) is 32.3 Å². The van der Waals surface area contributed by atoms with Gasteiger partial charge in [-0.2, -0.15) is 13.2 Å². The molecule has 8 nitrogen and oxygen atoms in total. The van der Waals surface area contributed by atoms with E-state index in [1.807, 2.05) is 6.92 Å². The molecule has 4 rings (SSSR count). The second kappa shape index (κ2) is 9.81. The van der Waals surface area contributed by atoms with Crippen molar-refractivity contribution in [3.8, 4) is 5.69 Å². The number of para-hydroxylation sites is 1. The van der Waals surface area contributed by atoms with Gasteiger partial charge in [-0.25, -0.2) is 9.36 Å². The number of nitrogens with zero attached hydrogens (tertiary/aromatic N) is 4. The number of carbonyl (C=O) groups is 2. The van der Waals surface area contributed by atoms with Gasteiger partial charge in [0.15, 0.2) is 0 Å². The highest BCUT2D eigenvalue weighted by Crippen LogP contribution is 2.34. The molecule has 1 unspecified atom stereocenters. The second-order valence-corrected chi connectivity index (χ2v) is 10.4. The summed E-state index contributed by atoms with van der Waals surface area (Å²) < 4.78 is 43.0. The fourth-order valence-corrected chi connectivity index (χ4v) is 6.02. The summed E-state index contributed by atoms with van der Waals surface area (Å²) in [4.78, 5) is 56.6. The van der Waals surface area contributed by atoms with Gasteiger partial charge in [-0.15, -0.1) is 11.3 Å². The SMILES string of the molecule is Cc1c(C(=O)N(C)C)sc2c1c(=O)n(-c1ccccc1C(F)(F)F)c(=O)n2CC(=O)N1CCCCC1C. The largest absolute Gasteiger partial charge is 0.418 e. The summed E-state index contributed by atoms with van der Waals surface area (Å²) in [5.41, 5.74) is -3.59. The monoisotopic (exact) mass is 536 g/mol. The molecule has 0 radical (unpaired) electrons. The van der Waals surface area contributed by atoms with E-state index in [1.54, 1.807) is 4.90 Å². The summed E-state index contributed by atoms with van der Waals surface area (Å²) >= 11 is 0.884. The number of aromatic nitrogens is 2. The molecule has 2 aromatic heterocycles. The zero-order valence-electron chi connectivity index (χ0n) is 20.9. The molecule has 1 atom stereocenters. The Bertz CT molecular complexity index is 1500. The van der Waals surface area contributed by atoms with Gasteiger partial charge in [0, 0.05) is 26.7 Å². The first-order valence-corrected chi connectivity index (χ1v) is 12.6. The minimum Gasteiger partial charge on any atom is -0.344 e. The van der Waals surface area contributed by atoms with Crippen LogP contribution in [0.25, 0.3) is 15.9 Å². The Morgan fingerprint density at radius 3 is 2.43 bits per heavy atom. The van der Waals surface area contributed by atoms with Crippen molar-refractivity contribution in [3.05, 3.63) is 61.1 Å². The molecule has 1 aliphatic heterocycles. The fourth-order valence-electron chi connectivity index (χ4n) is 4.71. The van der Waals surface area contributed by atoms with Crippen LogP contribution in [0.1, 0.15) is 47.0 Å². The van der Waals surface area contributed by atoms with Crippen molar-refractivity contribution in [1.82, 2.24) is 18.9 Å². The number of amides is 2. The van der Waals surface area contributed by atoms with Crippen molar-refractivity contribution in [2.24, 2.45) is 0 Å². The minimum absolute atomic E-state index is 0.0553. The second-order valence-electron chi connectivity index (χ2n) is 9.39. The van der Waals surface area contributed by atoms with Gasteiger partial charge in [0.25, 0.3) is 11.5 Å². The van der Waals surface area contributed by atoms with Crippen molar-refractivity contribution in [2.75, 3.05) is 20.6 Å². The number of fused-ring (bicyclic) bond motifs is 1. The van der Waals surface area contributed by atoms with Gasteiger partial charge < -0.3 is 9.80 Å². The van der Waals surface area contributed by atoms with Crippen LogP contribution in [0.15, 0.2) is 33.9 Å². The van der Waals surface area contributed by atoms with Crippen LogP contribution in [0.4, 0.5) is 13.2 Å². The summed E-state index contributed by atoms with van der Waals surface area (Å²) in [6.45, 7) is 3.45. The lowest BCUT2D eigenvalue weighted by Crippen LogP contribution is -2.46. The Balaban J connectivity index is 2.04. The summed E-state index contributed by atoms with van der Waals surface area (Å²) in [6, 6.07) is 4.24. The maximum atomic E-state index is 13.9. The highest BCUT2D eigenvalue weighted by molar-refractivity contribution is 7.20. The Morgan fingerprint density at radius 2 is 1.81 bits per heavy atom. The zero-order chi connectivity index (χ0) is 27.2. The highest BCUT2D eigenvalue weighted by atomic mass is 32.1. The molecule has 3 aromatic rings. The highest BCUT2D eigenvalue weighted by Gasteiger charge is 2.35. The van der Waals surface area contributed by atoms with E-state index in [4.69, 9.17) is 0 Å². The fraction of sp³-hybridized carbons (Fsp3) is 0.440. The molecular weight excluding hydrogens is 509 g/mol. The maximum Gasteiger partial charge on any atom is 0.418 e. The van der Waals surface area contributed by atoms with Crippen LogP contribution in [-0.4, -0.2) is 57.4 Å². The molecular formula is C25H27F3N4O4S. The Kier molecular flexibility index (Phi) is 7.06. The summed E-state index contributed by atoms with van der Waals surface area (Å²) in [5, 5.41) is -0.0636. The average molecular weight is 537 g/mol. The van der Waals surface area contributed by atoms with Gasteiger partial charge in [-0.3, -0.25) is 19.0 Å². The van der Waals surface area contributed by atoms with Crippen molar-refractivity contribution in [3.63, 3.8) is 0 Å². The number of benzene rings is 1. The minimum atomic E-state index is -4.84. The predicted molar refractivity (Wildman–Crippen MR) is 134 cm³/mol. The van der Waals surface area contributed by atoms with Gasteiger partial charge in [0.2, 0.25) is 5.91 Å². The van der Waals surface area contributed by atoms with E-state index >= 15 is 0 Å². The van der Waals surface area contributed by atoms with Crippen molar-refractivity contribution >= 4 is 33.4 Å². The Labute approximate surface area is 214 Å². The van der Waals surface area contributed by atoms with Crippen LogP contribution in [-0.2, 0) is 17.5 Å². The number of carbonyl (C=O) groups excluding carboxylic acids is 2. The van der Waals surface area contributed by atoms with Crippen LogP contribution in [0, 0.1) is 6.92 Å². The summed E-state index contributed by atoms with van der Waals surface area (Å²) in [5.74, 6) is -0.799. The first-order chi connectivity index (χ1) is 17.3. The zero-order valence-corrected chi connectivity index (χ0v) is 21.7. The van der Waals surface area contributed by atoms with E-state index in [1.165, 1.54) is 38.1 Å².